The first-order valence-corrected chi connectivity index (χ1v) is 8.25. The molecule has 3 aromatic rings. The van der Waals surface area contributed by atoms with Gasteiger partial charge in [0.05, 0.1) is 16.8 Å². The fourth-order valence-corrected chi connectivity index (χ4v) is 2.84. The Morgan fingerprint density at radius 3 is 2.31 bits per heavy atom. The number of hydrazone groups is 1. The minimum atomic E-state index is -0.424. The predicted octanol–water partition coefficient (Wildman–Crippen LogP) is 4.76. The molecule has 6 heteroatoms. The number of nitrogens with one attached hydrogen (secondary N) is 1. The highest BCUT2D eigenvalue weighted by Crippen LogP contribution is 2.20. The molecule has 1 N–H and O–H groups in total. The molecule has 0 spiro atoms. The number of rotatable bonds is 5. The van der Waals surface area contributed by atoms with Crippen LogP contribution in [0, 0.1) is 30.9 Å². The molecule has 0 saturated heterocycles. The average molecular weight is 348 g/mol. The van der Waals surface area contributed by atoms with Crippen LogP contribution in [0.2, 0.25) is 0 Å². The van der Waals surface area contributed by atoms with E-state index in [4.69, 9.17) is 0 Å². The van der Waals surface area contributed by atoms with E-state index in [1.165, 1.54) is 17.7 Å². The van der Waals surface area contributed by atoms with Gasteiger partial charge in [0.25, 0.3) is 5.69 Å². The minimum absolute atomic E-state index is 0.0566. The minimum Gasteiger partial charge on any atom is -0.318 e. The fourth-order valence-electron chi connectivity index (χ4n) is 2.84. The number of aryl methyl sites for hydroxylation is 2. The van der Waals surface area contributed by atoms with Gasteiger partial charge in [-0.3, -0.25) is 15.5 Å². The number of hydrogen-bond donors (Lipinski definition) is 1. The molecule has 0 aliphatic heterocycles. The Bertz CT molecular complexity index is 955. The molecule has 0 saturated carbocycles. The number of nitro groups is 1. The third kappa shape index (κ3) is 3.64. The van der Waals surface area contributed by atoms with E-state index >= 15 is 0 Å². The molecule has 6 nitrogen and oxygen atoms in total. The van der Waals surface area contributed by atoms with Crippen LogP contribution in [0.1, 0.15) is 22.5 Å². The van der Waals surface area contributed by atoms with Crippen LogP contribution in [-0.4, -0.2) is 15.7 Å². The Kier molecular flexibility index (Phi) is 4.84. The fraction of sp³-hybridized carbons (Fsp3) is 0.150. The van der Waals surface area contributed by atoms with Gasteiger partial charge >= 0.3 is 0 Å². The molecule has 26 heavy (non-hydrogen) atoms. The first-order valence-electron chi connectivity index (χ1n) is 8.25. The molecule has 0 bridgehead atoms. The molecule has 0 unspecified atom stereocenters. The molecule has 2 aromatic carbocycles. The van der Waals surface area contributed by atoms with E-state index in [0.717, 1.165) is 22.6 Å². The number of benzene rings is 2. The van der Waals surface area contributed by atoms with Gasteiger partial charge in [-0.25, -0.2) is 0 Å². The summed E-state index contributed by atoms with van der Waals surface area (Å²) in [5.41, 5.74) is 9.23. The molecule has 3 rings (SSSR count). The van der Waals surface area contributed by atoms with Crippen LogP contribution in [0.3, 0.4) is 0 Å². The van der Waals surface area contributed by atoms with Crippen molar-refractivity contribution in [3.8, 4) is 5.69 Å². The Morgan fingerprint density at radius 1 is 1.04 bits per heavy atom. The third-order valence-corrected chi connectivity index (χ3v) is 4.24. The highest BCUT2D eigenvalue weighted by atomic mass is 16.6. The van der Waals surface area contributed by atoms with E-state index in [1.807, 2.05) is 0 Å². The highest BCUT2D eigenvalue weighted by Gasteiger charge is 2.09. The van der Waals surface area contributed by atoms with Crippen LogP contribution in [0.15, 0.2) is 59.7 Å². The number of nitrogens with zero attached hydrogens (tertiary/aromatic N) is 3. The molecule has 132 valence electrons. The zero-order chi connectivity index (χ0) is 18.7. The van der Waals surface area contributed by atoms with E-state index in [2.05, 4.69) is 66.2 Å². The molecule has 0 fully saturated rings. The molecular weight excluding hydrogens is 328 g/mol. The first-order chi connectivity index (χ1) is 12.5. The van der Waals surface area contributed by atoms with Gasteiger partial charge in [-0.15, -0.1) is 0 Å². The van der Waals surface area contributed by atoms with Gasteiger partial charge in [0.15, 0.2) is 0 Å². The summed E-state index contributed by atoms with van der Waals surface area (Å²) in [6.07, 6.45) is 1.76. The van der Waals surface area contributed by atoms with Crippen molar-refractivity contribution in [1.29, 1.82) is 0 Å². The Morgan fingerprint density at radius 2 is 1.69 bits per heavy atom. The van der Waals surface area contributed by atoms with Crippen molar-refractivity contribution in [2.24, 2.45) is 5.10 Å². The maximum Gasteiger partial charge on any atom is 0.269 e. The van der Waals surface area contributed by atoms with Crippen molar-refractivity contribution in [3.05, 3.63) is 87.2 Å². The maximum absolute atomic E-state index is 10.7. The number of anilines is 1. The lowest BCUT2D eigenvalue weighted by molar-refractivity contribution is -0.384. The Hall–Kier alpha value is -3.41. The lowest BCUT2D eigenvalue weighted by Crippen LogP contribution is -1.99. The van der Waals surface area contributed by atoms with Crippen LogP contribution in [-0.2, 0) is 0 Å². The summed E-state index contributed by atoms with van der Waals surface area (Å²) in [5.74, 6) is 0. The largest absolute Gasteiger partial charge is 0.318 e. The summed E-state index contributed by atoms with van der Waals surface area (Å²) >= 11 is 0. The van der Waals surface area contributed by atoms with E-state index in [9.17, 15) is 10.1 Å². The monoisotopic (exact) mass is 348 g/mol. The van der Waals surface area contributed by atoms with Gasteiger partial charge in [-0.2, -0.15) is 5.10 Å². The summed E-state index contributed by atoms with van der Waals surface area (Å²) in [4.78, 5) is 10.2. The molecule has 0 amide bonds. The molecule has 1 heterocycles. The predicted molar refractivity (Wildman–Crippen MR) is 104 cm³/mol. The zero-order valence-corrected chi connectivity index (χ0v) is 14.9. The van der Waals surface area contributed by atoms with Crippen molar-refractivity contribution in [2.45, 2.75) is 20.8 Å². The van der Waals surface area contributed by atoms with Crippen LogP contribution >= 0.6 is 0 Å². The number of nitro benzene ring substituents is 1. The van der Waals surface area contributed by atoms with Crippen LogP contribution in [0.5, 0.6) is 0 Å². The van der Waals surface area contributed by atoms with E-state index in [1.54, 1.807) is 18.3 Å². The summed E-state index contributed by atoms with van der Waals surface area (Å²) in [6.45, 7) is 6.19. The van der Waals surface area contributed by atoms with E-state index in [0.29, 0.717) is 5.69 Å². The van der Waals surface area contributed by atoms with Crippen molar-refractivity contribution in [2.75, 3.05) is 5.43 Å². The standard InChI is InChI=1S/C20H20N4O2/c1-14-4-8-19(9-5-14)23-15(2)12-17(16(23)3)13-21-22-18-6-10-20(11-7-18)24(25)26/h4-13,22H,1-3H3/b21-13+. The van der Waals surface area contributed by atoms with Crippen LogP contribution in [0.25, 0.3) is 5.69 Å². The van der Waals surface area contributed by atoms with Gasteiger partial charge < -0.3 is 4.57 Å². The van der Waals surface area contributed by atoms with Crippen LogP contribution in [0.4, 0.5) is 11.4 Å². The van der Waals surface area contributed by atoms with Gasteiger partial charge in [0.1, 0.15) is 0 Å². The van der Waals surface area contributed by atoms with Crippen LogP contribution < -0.4 is 5.43 Å². The second-order valence-corrected chi connectivity index (χ2v) is 6.17. The first kappa shape index (κ1) is 17.4. The number of aromatic nitrogens is 1. The Balaban J connectivity index is 1.78. The summed E-state index contributed by atoms with van der Waals surface area (Å²) < 4.78 is 2.19. The molecule has 0 aliphatic carbocycles. The third-order valence-electron chi connectivity index (χ3n) is 4.24. The van der Waals surface area contributed by atoms with Gasteiger partial charge in [0.2, 0.25) is 0 Å². The Labute approximate surface area is 151 Å². The van der Waals surface area contributed by atoms with Gasteiger partial charge in [-0.1, -0.05) is 17.7 Å². The second-order valence-electron chi connectivity index (χ2n) is 6.17. The lowest BCUT2D eigenvalue weighted by Gasteiger charge is -2.09. The SMILES string of the molecule is Cc1ccc(-n2c(C)cc(/C=N/Nc3ccc([N+](=O)[O-])cc3)c2C)cc1. The topological polar surface area (TPSA) is 72.5 Å². The molecule has 0 aliphatic rings. The number of non-ortho nitro benzene ring substituents is 1. The maximum atomic E-state index is 10.7. The molecule has 0 atom stereocenters. The lowest BCUT2D eigenvalue weighted by atomic mass is 10.2. The summed E-state index contributed by atoms with van der Waals surface area (Å²) in [5, 5.41) is 14.9. The summed E-state index contributed by atoms with van der Waals surface area (Å²) in [6, 6.07) is 16.6. The number of hydrogen-bond acceptors (Lipinski definition) is 4. The van der Waals surface area contributed by atoms with Gasteiger partial charge in [-0.05, 0) is 51.1 Å². The second kappa shape index (κ2) is 7.23. The van der Waals surface area contributed by atoms with Crippen molar-refractivity contribution in [3.63, 3.8) is 0 Å². The highest BCUT2D eigenvalue weighted by molar-refractivity contribution is 5.82. The summed E-state index contributed by atoms with van der Waals surface area (Å²) in [7, 11) is 0. The molecule has 1 aromatic heterocycles. The van der Waals surface area contributed by atoms with Crippen molar-refractivity contribution < 1.29 is 4.92 Å². The normalized spacial score (nSPS) is 11.0. The van der Waals surface area contributed by atoms with Crippen molar-refractivity contribution >= 4 is 17.6 Å². The molecule has 0 radical (unpaired) electrons. The molecular formula is C20H20N4O2. The van der Waals surface area contributed by atoms with E-state index < -0.39 is 4.92 Å². The van der Waals surface area contributed by atoms with Gasteiger partial charge in [0, 0.05) is 34.8 Å². The zero-order valence-electron chi connectivity index (χ0n) is 14.9. The smallest absolute Gasteiger partial charge is 0.269 e. The van der Waals surface area contributed by atoms with Crippen molar-refractivity contribution in [1.82, 2.24) is 4.57 Å². The quantitative estimate of drug-likeness (QED) is 0.410. The van der Waals surface area contributed by atoms with E-state index in [-0.39, 0.29) is 5.69 Å². The average Bonchev–Trinajstić information content (AvgIpc) is 2.90.